The number of fused-ring (bicyclic) bond motifs is 6. The maximum absolute atomic E-state index is 10.0. The van der Waals surface area contributed by atoms with Crippen molar-refractivity contribution in [3.05, 3.63) is 169 Å². The van der Waals surface area contributed by atoms with Crippen LogP contribution in [0.25, 0.3) is 77.2 Å². The maximum Gasteiger partial charge on any atom is 0.0991 e. The highest BCUT2D eigenvalue weighted by Crippen LogP contribution is 2.41. The fraction of sp³-hybridized carbons (Fsp3) is 0. The molecule has 0 bridgehead atoms. The van der Waals surface area contributed by atoms with E-state index < -0.39 is 0 Å². The van der Waals surface area contributed by atoms with Gasteiger partial charge in [0.25, 0.3) is 0 Å². The first-order valence-electron chi connectivity index (χ1n) is 15.5. The van der Waals surface area contributed by atoms with Gasteiger partial charge in [-0.05, 0) is 71.3 Å². The molecule has 0 unspecified atom stereocenters. The quantitative estimate of drug-likeness (QED) is 0.202. The number of hydrogen-bond donors (Lipinski definition) is 0. The number of rotatable bonds is 4. The van der Waals surface area contributed by atoms with Crippen LogP contribution >= 0.6 is 0 Å². The van der Waals surface area contributed by atoms with E-state index in [-0.39, 0.29) is 0 Å². The Morgan fingerprint density at radius 2 is 0.913 bits per heavy atom. The molecule has 0 spiro atoms. The highest BCUT2D eigenvalue weighted by atomic mass is 15.0. The van der Waals surface area contributed by atoms with Gasteiger partial charge in [-0.1, -0.05) is 109 Å². The Balaban J connectivity index is 1.29. The summed E-state index contributed by atoms with van der Waals surface area (Å²) < 4.78 is 4.71. The van der Waals surface area contributed by atoms with E-state index in [1.807, 2.05) is 12.1 Å². The first-order chi connectivity index (χ1) is 22.8. The molecule has 9 aromatic rings. The first kappa shape index (κ1) is 26.1. The minimum Gasteiger partial charge on any atom is -0.309 e. The molecule has 0 aliphatic carbocycles. The summed E-state index contributed by atoms with van der Waals surface area (Å²) in [6, 6.07) is 60.1. The van der Waals surface area contributed by atoms with Crippen LogP contribution in [0, 0.1) is 11.3 Å². The zero-order chi connectivity index (χ0) is 30.6. The lowest BCUT2D eigenvalue weighted by Crippen LogP contribution is -1.99. The lowest BCUT2D eigenvalue weighted by atomic mass is 9.91. The number of aromatic nitrogens is 2. The fourth-order valence-corrected chi connectivity index (χ4v) is 7.18. The van der Waals surface area contributed by atoms with Gasteiger partial charge in [0.1, 0.15) is 0 Å². The van der Waals surface area contributed by atoms with E-state index in [2.05, 4.69) is 167 Å². The number of benzene rings is 7. The molecule has 214 valence electrons. The summed E-state index contributed by atoms with van der Waals surface area (Å²) in [7, 11) is 0. The second-order valence-electron chi connectivity index (χ2n) is 11.7. The van der Waals surface area contributed by atoms with E-state index in [1.54, 1.807) is 0 Å². The molecule has 9 rings (SSSR count). The van der Waals surface area contributed by atoms with Gasteiger partial charge in [0.15, 0.2) is 0 Å². The number of para-hydroxylation sites is 5. The number of nitrogens with zero attached hydrogens (tertiary/aromatic N) is 3. The van der Waals surface area contributed by atoms with Gasteiger partial charge in [-0.15, -0.1) is 0 Å². The summed E-state index contributed by atoms with van der Waals surface area (Å²) in [5, 5.41) is 14.9. The molecule has 0 atom stereocenters. The smallest absolute Gasteiger partial charge is 0.0991 e. The summed E-state index contributed by atoms with van der Waals surface area (Å²) in [4.78, 5) is 0. The summed E-state index contributed by atoms with van der Waals surface area (Å²) in [5.41, 5.74) is 11.7. The van der Waals surface area contributed by atoms with Crippen LogP contribution in [-0.4, -0.2) is 9.13 Å². The Hall–Kier alpha value is -6.37. The largest absolute Gasteiger partial charge is 0.309 e. The molecule has 0 amide bonds. The third-order valence-corrected chi connectivity index (χ3v) is 9.16. The Morgan fingerprint density at radius 1 is 0.391 bits per heavy atom. The van der Waals surface area contributed by atoms with Crippen molar-refractivity contribution in [2.45, 2.75) is 0 Å². The standard InChI is InChI=1S/C43H27N3/c44-28-29-24-25-32(30-12-11-13-31(27-30)45-39-19-6-1-14-33(39)34-15-2-7-20-40(34)45)38(26-29)37-18-5-10-23-43(37)46-41-21-8-3-16-35(41)36-17-4-9-22-42(36)46/h1-27H. The van der Waals surface area contributed by atoms with E-state index in [1.165, 1.54) is 32.6 Å². The van der Waals surface area contributed by atoms with Crippen LogP contribution in [0.15, 0.2) is 164 Å². The van der Waals surface area contributed by atoms with Crippen molar-refractivity contribution in [2.75, 3.05) is 0 Å². The van der Waals surface area contributed by atoms with Crippen LogP contribution in [0.4, 0.5) is 0 Å². The molecule has 3 nitrogen and oxygen atoms in total. The zero-order valence-corrected chi connectivity index (χ0v) is 24.9. The predicted molar refractivity (Wildman–Crippen MR) is 191 cm³/mol. The molecule has 0 aliphatic rings. The molecule has 0 saturated carbocycles. The Morgan fingerprint density at radius 3 is 1.50 bits per heavy atom. The lowest BCUT2D eigenvalue weighted by molar-refractivity contribution is 1.18. The Kier molecular flexibility index (Phi) is 5.88. The summed E-state index contributed by atoms with van der Waals surface area (Å²) in [5.74, 6) is 0. The van der Waals surface area contributed by atoms with Gasteiger partial charge in [0, 0.05) is 32.8 Å². The molecule has 7 aromatic carbocycles. The Bertz CT molecular complexity index is 2560. The normalized spacial score (nSPS) is 11.5. The third-order valence-electron chi connectivity index (χ3n) is 9.16. The van der Waals surface area contributed by atoms with Crippen LogP contribution in [0.5, 0.6) is 0 Å². The second kappa shape index (κ2) is 10.4. The Labute approximate surface area is 266 Å². The molecule has 0 saturated heterocycles. The average molecular weight is 586 g/mol. The van der Waals surface area contributed by atoms with E-state index in [4.69, 9.17) is 0 Å². The fourth-order valence-electron chi connectivity index (χ4n) is 7.18. The van der Waals surface area contributed by atoms with Crippen molar-refractivity contribution in [2.24, 2.45) is 0 Å². The molecule has 0 aliphatic heterocycles. The predicted octanol–water partition coefficient (Wildman–Crippen LogP) is 11.1. The number of nitriles is 1. The summed E-state index contributed by atoms with van der Waals surface area (Å²) in [6.07, 6.45) is 0. The third kappa shape index (κ3) is 3.91. The summed E-state index contributed by atoms with van der Waals surface area (Å²) in [6.45, 7) is 0. The highest BCUT2D eigenvalue weighted by Gasteiger charge is 2.19. The average Bonchev–Trinajstić information content (AvgIpc) is 3.64. The van der Waals surface area contributed by atoms with Gasteiger partial charge < -0.3 is 9.13 Å². The molecule has 2 aromatic heterocycles. The van der Waals surface area contributed by atoms with Gasteiger partial charge in [0.05, 0.1) is 39.4 Å². The molecule has 0 N–H and O–H groups in total. The van der Waals surface area contributed by atoms with E-state index in [9.17, 15) is 5.26 Å². The van der Waals surface area contributed by atoms with Gasteiger partial charge in [-0.2, -0.15) is 5.26 Å². The van der Waals surface area contributed by atoms with Crippen LogP contribution in [0.1, 0.15) is 5.56 Å². The highest BCUT2D eigenvalue weighted by molar-refractivity contribution is 6.10. The lowest BCUT2D eigenvalue weighted by Gasteiger charge is -2.18. The van der Waals surface area contributed by atoms with Gasteiger partial charge in [-0.3, -0.25) is 0 Å². The first-order valence-corrected chi connectivity index (χ1v) is 15.5. The molecular weight excluding hydrogens is 558 g/mol. The SMILES string of the molecule is N#Cc1ccc(-c2cccc(-n3c4ccccc4c4ccccc43)c2)c(-c2ccccc2-n2c3ccccc3c3ccccc32)c1. The molecule has 0 radical (unpaired) electrons. The topological polar surface area (TPSA) is 33.6 Å². The van der Waals surface area contributed by atoms with E-state index in [0.717, 1.165) is 44.7 Å². The number of hydrogen-bond acceptors (Lipinski definition) is 1. The van der Waals surface area contributed by atoms with E-state index in [0.29, 0.717) is 5.56 Å². The minimum atomic E-state index is 0.634. The zero-order valence-electron chi connectivity index (χ0n) is 24.9. The van der Waals surface area contributed by atoms with Crippen molar-refractivity contribution in [1.29, 1.82) is 5.26 Å². The van der Waals surface area contributed by atoms with Crippen LogP contribution in [0.3, 0.4) is 0 Å². The minimum absolute atomic E-state index is 0.634. The molecular formula is C43H27N3. The van der Waals surface area contributed by atoms with Crippen LogP contribution in [0.2, 0.25) is 0 Å². The van der Waals surface area contributed by atoms with Crippen molar-refractivity contribution in [3.63, 3.8) is 0 Å². The van der Waals surface area contributed by atoms with Crippen molar-refractivity contribution < 1.29 is 0 Å². The van der Waals surface area contributed by atoms with Crippen molar-refractivity contribution >= 4 is 43.6 Å². The van der Waals surface area contributed by atoms with E-state index >= 15 is 0 Å². The van der Waals surface area contributed by atoms with Crippen LogP contribution < -0.4 is 0 Å². The molecule has 0 fully saturated rings. The molecule has 46 heavy (non-hydrogen) atoms. The second-order valence-corrected chi connectivity index (χ2v) is 11.7. The van der Waals surface area contributed by atoms with Gasteiger partial charge >= 0.3 is 0 Å². The van der Waals surface area contributed by atoms with Crippen LogP contribution in [-0.2, 0) is 0 Å². The van der Waals surface area contributed by atoms with Crippen molar-refractivity contribution in [1.82, 2.24) is 9.13 Å². The monoisotopic (exact) mass is 585 g/mol. The maximum atomic E-state index is 10.0. The van der Waals surface area contributed by atoms with Gasteiger partial charge in [-0.25, -0.2) is 0 Å². The summed E-state index contributed by atoms with van der Waals surface area (Å²) >= 11 is 0. The molecule has 2 heterocycles. The van der Waals surface area contributed by atoms with Gasteiger partial charge in [0.2, 0.25) is 0 Å². The molecule has 3 heteroatoms. The van der Waals surface area contributed by atoms with Crippen molar-refractivity contribution in [3.8, 4) is 39.7 Å².